The summed E-state index contributed by atoms with van der Waals surface area (Å²) in [4.78, 5) is 37.0. The minimum atomic E-state index is -0.940. The number of rotatable bonds is 4. The molecule has 0 bridgehead atoms. The lowest BCUT2D eigenvalue weighted by atomic mass is 9.92. The van der Waals surface area contributed by atoms with Gasteiger partial charge in [-0.05, 0) is 18.3 Å². The van der Waals surface area contributed by atoms with Crippen LogP contribution in [-0.2, 0) is 9.53 Å². The molecule has 1 fully saturated rings. The first-order valence-corrected chi connectivity index (χ1v) is 8.88. The highest BCUT2D eigenvalue weighted by molar-refractivity contribution is 5.96. The van der Waals surface area contributed by atoms with E-state index >= 15 is 0 Å². The molecule has 27 heavy (non-hydrogen) atoms. The number of nitro benzene ring substituents is 1. The summed E-state index contributed by atoms with van der Waals surface area (Å²) < 4.78 is 15.7. The highest BCUT2D eigenvalue weighted by Gasteiger charge is 2.29. The second-order valence-electron chi connectivity index (χ2n) is 7.09. The first-order chi connectivity index (χ1) is 12.8. The Morgan fingerprint density at radius 1 is 1.19 bits per heavy atom. The Bertz CT molecular complexity index is 754. The lowest BCUT2D eigenvalue weighted by Gasteiger charge is -2.34. The Labute approximate surface area is 156 Å². The molecule has 1 aromatic rings. The van der Waals surface area contributed by atoms with E-state index in [9.17, 15) is 19.7 Å². The van der Waals surface area contributed by atoms with Gasteiger partial charge in [-0.25, -0.2) is 4.79 Å². The van der Waals surface area contributed by atoms with Crippen LogP contribution in [0.15, 0.2) is 12.1 Å². The number of benzene rings is 1. The first kappa shape index (κ1) is 18.9. The number of nitro groups is 1. The van der Waals surface area contributed by atoms with Crippen LogP contribution in [0.25, 0.3) is 0 Å². The van der Waals surface area contributed by atoms with Crippen LogP contribution in [0.3, 0.4) is 0 Å². The monoisotopic (exact) mass is 378 g/mol. The van der Waals surface area contributed by atoms with Gasteiger partial charge in [0.2, 0.25) is 0 Å². The van der Waals surface area contributed by atoms with E-state index in [1.54, 1.807) is 4.90 Å². The third-order valence-corrected chi connectivity index (χ3v) is 4.63. The van der Waals surface area contributed by atoms with Gasteiger partial charge in [0.25, 0.3) is 11.6 Å². The summed E-state index contributed by atoms with van der Waals surface area (Å²) in [5, 5.41) is 11.3. The second-order valence-corrected chi connectivity index (χ2v) is 7.09. The number of hydrogen-bond acceptors (Lipinski definition) is 7. The number of fused-ring (bicyclic) bond motifs is 1. The van der Waals surface area contributed by atoms with Crippen LogP contribution in [0.5, 0.6) is 11.5 Å². The van der Waals surface area contributed by atoms with Crippen LogP contribution in [-0.4, -0.2) is 54.6 Å². The summed E-state index contributed by atoms with van der Waals surface area (Å²) in [7, 11) is 0. The van der Waals surface area contributed by atoms with Crippen molar-refractivity contribution in [1.29, 1.82) is 0 Å². The molecule has 0 aliphatic carbocycles. The molecule has 2 aliphatic rings. The summed E-state index contributed by atoms with van der Waals surface area (Å²) in [6.07, 6.45) is 1.05. The van der Waals surface area contributed by atoms with Gasteiger partial charge in [-0.3, -0.25) is 14.9 Å². The van der Waals surface area contributed by atoms with Crippen molar-refractivity contribution in [1.82, 2.24) is 4.90 Å². The summed E-state index contributed by atoms with van der Waals surface area (Å²) >= 11 is 0. The Morgan fingerprint density at radius 2 is 1.78 bits per heavy atom. The molecule has 0 radical (unpaired) electrons. The number of carbonyl (C=O) groups excluding carboxylic acids is 2. The zero-order valence-corrected chi connectivity index (χ0v) is 15.3. The number of ether oxygens (including phenoxy) is 3. The van der Waals surface area contributed by atoms with Crippen LogP contribution >= 0.6 is 0 Å². The molecule has 0 N–H and O–H groups in total. The molecule has 9 nitrogen and oxygen atoms in total. The van der Waals surface area contributed by atoms with Crippen LogP contribution < -0.4 is 9.47 Å². The number of likely N-dealkylation sites (tertiary alicyclic amines) is 1. The molecule has 2 aliphatic heterocycles. The third-order valence-electron chi connectivity index (χ3n) is 4.63. The predicted molar refractivity (Wildman–Crippen MR) is 93.9 cm³/mol. The fraction of sp³-hybridized carbons (Fsp3) is 0.556. The summed E-state index contributed by atoms with van der Waals surface area (Å²) in [5.74, 6) is -0.0349. The fourth-order valence-electron chi connectivity index (χ4n) is 3.56. The second kappa shape index (κ2) is 7.81. The molecule has 9 heteroatoms. The van der Waals surface area contributed by atoms with Crippen LogP contribution in [0.2, 0.25) is 0 Å². The van der Waals surface area contributed by atoms with Crippen molar-refractivity contribution >= 4 is 17.6 Å². The smallest absolute Gasteiger partial charge is 0.345 e. The normalized spacial score (nSPS) is 21.5. The molecule has 2 atom stereocenters. The van der Waals surface area contributed by atoms with Gasteiger partial charge in [-0.2, -0.15) is 0 Å². The SMILES string of the molecule is C[C@@H]1C[C@H](C)CN(C(=O)COC(=O)c2cc3c(cc2[N+](=O)[O-])OCCO3)C1. The molecule has 0 aromatic heterocycles. The standard InChI is InChI=1S/C18H22N2O7/c1-11-5-12(2)9-19(8-11)17(21)10-27-18(22)13-6-15-16(26-4-3-25-15)7-14(13)20(23)24/h6-7,11-12H,3-5,8-10H2,1-2H3/t11-,12+. The van der Waals surface area contributed by atoms with Gasteiger partial charge in [-0.1, -0.05) is 13.8 Å². The summed E-state index contributed by atoms with van der Waals surface area (Å²) in [5.41, 5.74) is -0.714. The molecule has 146 valence electrons. The minimum Gasteiger partial charge on any atom is -0.486 e. The largest absolute Gasteiger partial charge is 0.486 e. The number of carbonyl (C=O) groups is 2. The van der Waals surface area contributed by atoms with Crippen molar-refractivity contribution in [2.75, 3.05) is 32.9 Å². The minimum absolute atomic E-state index is 0.205. The van der Waals surface area contributed by atoms with E-state index < -0.39 is 23.2 Å². The zero-order chi connectivity index (χ0) is 19.6. The number of piperidine rings is 1. The lowest BCUT2D eigenvalue weighted by Crippen LogP contribution is -2.44. The Balaban J connectivity index is 1.70. The zero-order valence-electron chi connectivity index (χ0n) is 15.3. The Kier molecular flexibility index (Phi) is 5.48. The van der Waals surface area contributed by atoms with Crippen molar-refractivity contribution in [3.05, 3.63) is 27.8 Å². The van der Waals surface area contributed by atoms with E-state index in [1.807, 2.05) is 0 Å². The number of esters is 1. The third kappa shape index (κ3) is 4.29. The van der Waals surface area contributed by atoms with Crippen molar-refractivity contribution < 1.29 is 28.7 Å². The van der Waals surface area contributed by atoms with Crippen LogP contribution in [0, 0.1) is 22.0 Å². The molecule has 0 saturated carbocycles. The van der Waals surface area contributed by atoms with Crippen LogP contribution in [0.1, 0.15) is 30.6 Å². The first-order valence-electron chi connectivity index (χ1n) is 8.88. The van der Waals surface area contributed by atoms with Crippen molar-refractivity contribution in [2.45, 2.75) is 20.3 Å². The Hall–Kier alpha value is -2.84. The maximum absolute atomic E-state index is 12.4. The molecular formula is C18H22N2O7. The summed E-state index contributed by atoms with van der Waals surface area (Å²) in [6.45, 7) is 5.47. The van der Waals surface area contributed by atoms with Gasteiger partial charge in [0.1, 0.15) is 18.8 Å². The number of hydrogen-bond donors (Lipinski definition) is 0. The molecule has 2 heterocycles. The average Bonchev–Trinajstić information content (AvgIpc) is 2.63. The molecule has 1 amide bonds. The molecule has 1 aromatic carbocycles. The van der Waals surface area contributed by atoms with Crippen LogP contribution in [0.4, 0.5) is 5.69 Å². The molecule has 0 unspecified atom stereocenters. The van der Waals surface area contributed by atoms with E-state index in [1.165, 1.54) is 6.07 Å². The highest BCUT2D eigenvalue weighted by atomic mass is 16.6. The maximum atomic E-state index is 12.4. The van der Waals surface area contributed by atoms with E-state index in [4.69, 9.17) is 14.2 Å². The molecule has 3 rings (SSSR count). The number of amides is 1. The van der Waals surface area contributed by atoms with E-state index in [0.29, 0.717) is 24.9 Å². The van der Waals surface area contributed by atoms with Crippen molar-refractivity contribution in [3.63, 3.8) is 0 Å². The molecular weight excluding hydrogens is 356 g/mol. The van der Waals surface area contributed by atoms with E-state index in [0.717, 1.165) is 12.5 Å². The fourth-order valence-corrected chi connectivity index (χ4v) is 3.56. The van der Waals surface area contributed by atoms with Gasteiger partial charge < -0.3 is 19.1 Å². The van der Waals surface area contributed by atoms with Gasteiger partial charge in [0, 0.05) is 19.2 Å². The van der Waals surface area contributed by atoms with E-state index in [-0.39, 0.29) is 36.2 Å². The quantitative estimate of drug-likeness (QED) is 0.448. The lowest BCUT2D eigenvalue weighted by molar-refractivity contribution is -0.385. The van der Waals surface area contributed by atoms with Gasteiger partial charge in [0.05, 0.1) is 11.0 Å². The molecule has 1 saturated heterocycles. The average molecular weight is 378 g/mol. The summed E-state index contributed by atoms with van der Waals surface area (Å²) in [6, 6.07) is 2.37. The predicted octanol–water partition coefficient (Wildman–Crippen LogP) is 2.03. The molecule has 0 spiro atoms. The maximum Gasteiger partial charge on any atom is 0.345 e. The topological polar surface area (TPSA) is 108 Å². The Morgan fingerprint density at radius 3 is 2.37 bits per heavy atom. The number of nitrogens with zero attached hydrogens (tertiary/aromatic N) is 2. The van der Waals surface area contributed by atoms with Gasteiger partial charge in [0.15, 0.2) is 18.1 Å². The van der Waals surface area contributed by atoms with Gasteiger partial charge in [-0.15, -0.1) is 0 Å². The van der Waals surface area contributed by atoms with Crippen molar-refractivity contribution in [3.8, 4) is 11.5 Å². The highest BCUT2D eigenvalue weighted by Crippen LogP contribution is 2.36. The van der Waals surface area contributed by atoms with Gasteiger partial charge >= 0.3 is 5.97 Å². The van der Waals surface area contributed by atoms with E-state index in [2.05, 4.69) is 13.8 Å². The van der Waals surface area contributed by atoms with Crippen molar-refractivity contribution in [2.24, 2.45) is 11.8 Å².